The fraction of sp³-hybridized carbons (Fsp3) is 0.250. The highest BCUT2D eigenvalue weighted by Gasteiger charge is 2.25. The smallest absolute Gasteiger partial charge is 0.182 e. The Hall–Kier alpha value is -3.19. The van der Waals surface area contributed by atoms with Crippen molar-refractivity contribution in [2.75, 3.05) is 31.7 Å². The molecule has 0 bridgehead atoms. The number of rotatable bonds is 3. The summed E-state index contributed by atoms with van der Waals surface area (Å²) in [6.07, 6.45) is 3.20. The lowest BCUT2D eigenvalue weighted by Crippen LogP contribution is -2.39. The first-order valence-electron chi connectivity index (χ1n) is 8.90. The Morgan fingerprint density at radius 2 is 2.00 bits per heavy atom. The van der Waals surface area contributed by atoms with Gasteiger partial charge in [-0.05, 0) is 34.5 Å². The van der Waals surface area contributed by atoms with Gasteiger partial charge in [0.15, 0.2) is 11.5 Å². The molecule has 5 rings (SSSR count). The molecule has 0 amide bonds. The van der Waals surface area contributed by atoms with E-state index < -0.39 is 0 Å². The van der Waals surface area contributed by atoms with Crippen molar-refractivity contribution in [1.82, 2.24) is 19.9 Å². The van der Waals surface area contributed by atoms with Crippen molar-refractivity contribution in [3.63, 3.8) is 0 Å². The first-order chi connectivity index (χ1) is 13.3. The van der Waals surface area contributed by atoms with Crippen molar-refractivity contribution in [1.29, 1.82) is 0 Å². The molecule has 1 fully saturated rings. The minimum atomic E-state index is -0.0156. The number of aromatic nitrogens is 4. The number of nitrogens with one attached hydrogen (secondary N) is 1. The van der Waals surface area contributed by atoms with Gasteiger partial charge in [-0.2, -0.15) is 0 Å². The van der Waals surface area contributed by atoms with E-state index in [2.05, 4.69) is 49.1 Å². The molecule has 0 aliphatic carbocycles. The van der Waals surface area contributed by atoms with Crippen LogP contribution < -0.4 is 9.64 Å². The average molecular weight is 361 g/mol. The Kier molecular flexibility index (Phi) is 3.86. The van der Waals surface area contributed by atoms with Gasteiger partial charge in [0, 0.05) is 13.1 Å². The largest absolute Gasteiger partial charge is 0.497 e. The quantitative estimate of drug-likeness (QED) is 0.604. The van der Waals surface area contributed by atoms with Gasteiger partial charge in [0.1, 0.15) is 23.7 Å². The Bertz CT molecular complexity index is 1110. The van der Waals surface area contributed by atoms with E-state index in [1.165, 1.54) is 5.39 Å². The number of morpholine rings is 1. The molecule has 27 heavy (non-hydrogen) atoms. The molecule has 1 atom stereocenters. The highest BCUT2D eigenvalue weighted by molar-refractivity contribution is 5.85. The van der Waals surface area contributed by atoms with Crippen LogP contribution in [0.15, 0.2) is 49.1 Å². The molecule has 136 valence electrons. The maximum atomic E-state index is 6.07. The van der Waals surface area contributed by atoms with E-state index in [1.807, 2.05) is 12.1 Å². The third-order valence-corrected chi connectivity index (χ3v) is 5.01. The van der Waals surface area contributed by atoms with Crippen molar-refractivity contribution in [2.45, 2.75) is 6.10 Å². The standard InChI is InChI=1S/C20H19N5O2/c1-26-16-5-4-13-8-15(3-2-14(13)9-16)17-10-25(6-7-27-17)20-18-19(22-11-21-18)23-12-24-20/h2-5,8-9,11-12,17H,6-7,10H2,1H3,(H,21,22,23,24)/t17-/m1/s1. The molecule has 7 heteroatoms. The van der Waals surface area contributed by atoms with Gasteiger partial charge < -0.3 is 19.4 Å². The molecule has 0 radical (unpaired) electrons. The molecule has 1 aliphatic rings. The van der Waals surface area contributed by atoms with Crippen LogP contribution in [0.25, 0.3) is 21.9 Å². The summed E-state index contributed by atoms with van der Waals surface area (Å²) in [4.78, 5) is 18.3. The Labute approximate surface area is 156 Å². The topological polar surface area (TPSA) is 76.2 Å². The molecular weight excluding hydrogens is 342 g/mol. The van der Waals surface area contributed by atoms with Gasteiger partial charge in [0.05, 0.1) is 20.0 Å². The second-order valence-corrected chi connectivity index (χ2v) is 6.58. The average Bonchev–Trinajstić information content (AvgIpc) is 3.22. The Balaban J connectivity index is 1.45. The van der Waals surface area contributed by atoms with Gasteiger partial charge >= 0.3 is 0 Å². The lowest BCUT2D eigenvalue weighted by atomic mass is 10.0. The summed E-state index contributed by atoms with van der Waals surface area (Å²) < 4.78 is 11.4. The zero-order valence-electron chi connectivity index (χ0n) is 14.9. The number of methoxy groups -OCH3 is 1. The molecule has 1 saturated heterocycles. The van der Waals surface area contributed by atoms with Crippen LogP contribution >= 0.6 is 0 Å². The summed E-state index contributed by atoms with van der Waals surface area (Å²) in [7, 11) is 1.68. The lowest BCUT2D eigenvalue weighted by Gasteiger charge is -2.34. The van der Waals surface area contributed by atoms with E-state index in [0.29, 0.717) is 12.3 Å². The molecule has 0 unspecified atom stereocenters. The van der Waals surface area contributed by atoms with Crippen LogP contribution in [-0.4, -0.2) is 46.7 Å². The monoisotopic (exact) mass is 361 g/mol. The van der Waals surface area contributed by atoms with Crippen molar-refractivity contribution < 1.29 is 9.47 Å². The Morgan fingerprint density at radius 3 is 2.93 bits per heavy atom. The second kappa shape index (κ2) is 6.51. The van der Waals surface area contributed by atoms with Crippen LogP contribution in [0.4, 0.5) is 5.82 Å². The van der Waals surface area contributed by atoms with Crippen molar-refractivity contribution in [3.05, 3.63) is 54.6 Å². The van der Waals surface area contributed by atoms with E-state index in [4.69, 9.17) is 9.47 Å². The molecular formula is C20H19N5O2. The predicted molar refractivity (Wildman–Crippen MR) is 103 cm³/mol. The van der Waals surface area contributed by atoms with Gasteiger partial charge in [-0.25, -0.2) is 15.0 Å². The van der Waals surface area contributed by atoms with E-state index in [-0.39, 0.29) is 6.10 Å². The predicted octanol–water partition coefficient (Wildman–Crippen LogP) is 3.09. The van der Waals surface area contributed by atoms with Crippen LogP contribution in [0, 0.1) is 0 Å². The van der Waals surface area contributed by atoms with Crippen LogP contribution in [0.2, 0.25) is 0 Å². The van der Waals surface area contributed by atoms with Gasteiger partial charge in [0.2, 0.25) is 0 Å². The van der Waals surface area contributed by atoms with Crippen LogP contribution in [0.3, 0.4) is 0 Å². The number of hydrogen-bond donors (Lipinski definition) is 1. The number of fused-ring (bicyclic) bond motifs is 2. The normalized spacial score (nSPS) is 17.5. The second-order valence-electron chi connectivity index (χ2n) is 6.58. The van der Waals surface area contributed by atoms with E-state index in [9.17, 15) is 0 Å². The van der Waals surface area contributed by atoms with Gasteiger partial charge in [-0.15, -0.1) is 0 Å². The molecule has 7 nitrogen and oxygen atoms in total. The summed E-state index contributed by atoms with van der Waals surface area (Å²) in [6, 6.07) is 12.5. The number of hydrogen-bond acceptors (Lipinski definition) is 6. The molecule has 1 aliphatic heterocycles. The number of H-pyrrole nitrogens is 1. The molecule has 0 spiro atoms. The van der Waals surface area contributed by atoms with Gasteiger partial charge in [-0.1, -0.05) is 18.2 Å². The molecule has 3 heterocycles. The molecule has 4 aromatic rings. The Morgan fingerprint density at radius 1 is 1.11 bits per heavy atom. The highest BCUT2D eigenvalue weighted by atomic mass is 16.5. The van der Waals surface area contributed by atoms with E-state index in [0.717, 1.165) is 41.1 Å². The van der Waals surface area contributed by atoms with Gasteiger partial charge in [-0.3, -0.25) is 0 Å². The van der Waals surface area contributed by atoms with Crippen LogP contribution in [0.1, 0.15) is 11.7 Å². The summed E-state index contributed by atoms with van der Waals surface area (Å²) in [5.41, 5.74) is 2.71. The van der Waals surface area contributed by atoms with E-state index in [1.54, 1.807) is 19.8 Å². The summed E-state index contributed by atoms with van der Waals surface area (Å²) in [5.74, 6) is 1.74. The molecule has 1 N–H and O–H groups in total. The van der Waals surface area contributed by atoms with E-state index >= 15 is 0 Å². The maximum absolute atomic E-state index is 6.07. The number of anilines is 1. The zero-order chi connectivity index (χ0) is 18.2. The number of nitrogens with zero attached hydrogens (tertiary/aromatic N) is 4. The highest BCUT2D eigenvalue weighted by Crippen LogP contribution is 2.30. The fourth-order valence-corrected chi connectivity index (χ4v) is 3.60. The number of aromatic amines is 1. The minimum absolute atomic E-state index is 0.0156. The summed E-state index contributed by atoms with van der Waals surface area (Å²) in [5, 5.41) is 2.33. The van der Waals surface area contributed by atoms with Gasteiger partial charge in [0.25, 0.3) is 0 Å². The SMILES string of the molecule is COc1ccc2cc([C@H]3CN(c4ncnc5nc[nH]c45)CCO3)ccc2c1. The molecule has 0 saturated carbocycles. The maximum Gasteiger partial charge on any atom is 0.182 e. The van der Waals surface area contributed by atoms with Crippen LogP contribution in [-0.2, 0) is 4.74 Å². The zero-order valence-corrected chi connectivity index (χ0v) is 14.9. The third kappa shape index (κ3) is 2.86. The molecule has 2 aromatic carbocycles. The van der Waals surface area contributed by atoms with Crippen molar-refractivity contribution >= 4 is 27.8 Å². The lowest BCUT2D eigenvalue weighted by molar-refractivity contribution is 0.0397. The van der Waals surface area contributed by atoms with Crippen LogP contribution in [0.5, 0.6) is 5.75 Å². The van der Waals surface area contributed by atoms with Crippen molar-refractivity contribution in [2.24, 2.45) is 0 Å². The summed E-state index contributed by atoms with van der Waals surface area (Å²) >= 11 is 0. The third-order valence-electron chi connectivity index (χ3n) is 5.01. The molecule has 2 aromatic heterocycles. The number of benzene rings is 2. The fourth-order valence-electron chi connectivity index (χ4n) is 3.60. The van der Waals surface area contributed by atoms with Crippen molar-refractivity contribution in [3.8, 4) is 5.75 Å². The first kappa shape index (κ1) is 16.0. The number of ether oxygens (including phenoxy) is 2. The summed E-state index contributed by atoms with van der Waals surface area (Å²) in [6.45, 7) is 2.16. The first-order valence-corrected chi connectivity index (χ1v) is 8.90. The number of imidazole rings is 1. The minimum Gasteiger partial charge on any atom is -0.497 e.